The number of benzene rings is 1. The highest BCUT2D eigenvalue weighted by Gasteiger charge is 2.21. The molecule has 0 saturated heterocycles. The van der Waals surface area contributed by atoms with E-state index < -0.39 is 10.0 Å². The summed E-state index contributed by atoms with van der Waals surface area (Å²) in [6.45, 7) is 4.56. The van der Waals surface area contributed by atoms with Gasteiger partial charge in [-0.15, -0.1) is 12.4 Å². The number of nitrogens with zero attached hydrogens (tertiary/aromatic N) is 1. The quantitative estimate of drug-likeness (QED) is 0.696. The number of sulfonamides is 1. The van der Waals surface area contributed by atoms with Crippen molar-refractivity contribution in [3.05, 3.63) is 23.8 Å². The summed E-state index contributed by atoms with van der Waals surface area (Å²) in [6, 6.07) is 4.36. The first-order chi connectivity index (χ1) is 11.1. The largest absolute Gasteiger partial charge is 0.495 e. The van der Waals surface area contributed by atoms with E-state index >= 15 is 0 Å². The van der Waals surface area contributed by atoms with Crippen LogP contribution in [0.25, 0.3) is 0 Å². The molecule has 0 radical (unpaired) electrons. The van der Waals surface area contributed by atoms with Crippen molar-refractivity contribution in [3.63, 3.8) is 0 Å². The lowest BCUT2D eigenvalue weighted by atomic mass is 10.0. The van der Waals surface area contributed by atoms with Gasteiger partial charge >= 0.3 is 0 Å². The fourth-order valence-corrected chi connectivity index (χ4v) is 3.05. The smallest absolute Gasteiger partial charge is 0.253 e. The van der Waals surface area contributed by atoms with Crippen LogP contribution in [0.5, 0.6) is 5.75 Å². The second-order valence-corrected chi connectivity index (χ2v) is 7.85. The second kappa shape index (κ2) is 9.96. The first-order valence-corrected chi connectivity index (χ1v) is 9.25. The monoisotopic (exact) mass is 393 g/mol. The molecule has 0 spiro atoms. The lowest BCUT2D eigenvalue weighted by Gasteiger charge is -2.22. The van der Waals surface area contributed by atoms with E-state index in [0.29, 0.717) is 18.9 Å². The van der Waals surface area contributed by atoms with E-state index in [1.54, 1.807) is 18.0 Å². The van der Waals surface area contributed by atoms with Crippen LogP contribution < -0.4 is 15.2 Å². The molecular weight excluding hydrogens is 366 g/mol. The van der Waals surface area contributed by atoms with E-state index in [1.165, 1.54) is 26.3 Å². The van der Waals surface area contributed by atoms with Crippen molar-refractivity contribution in [3.8, 4) is 5.75 Å². The summed E-state index contributed by atoms with van der Waals surface area (Å²) < 4.78 is 31.5. The van der Waals surface area contributed by atoms with Crippen LogP contribution in [0.15, 0.2) is 23.1 Å². The number of ether oxygens (including phenoxy) is 1. The van der Waals surface area contributed by atoms with E-state index in [2.05, 4.69) is 4.72 Å². The average Bonchev–Trinajstić information content (AvgIpc) is 2.57. The average molecular weight is 394 g/mol. The Bertz CT molecular complexity index is 680. The predicted molar refractivity (Wildman–Crippen MR) is 101 cm³/mol. The van der Waals surface area contributed by atoms with Crippen molar-refractivity contribution in [1.29, 1.82) is 0 Å². The van der Waals surface area contributed by atoms with Crippen LogP contribution in [0.1, 0.15) is 30.6 Å². The van der Waals surface area contributed by atoms with Crippen LogP contribution in [0.3, 0.4) is 0 Å². The van der Waals surface area contributed by atoms with Crippen LogP contribution in [0, 0.1) is 5.92 Å². The molecule has 0 heterocycles. The van der Waals surface area contributed by atoms with Crippen LogP contribution >= 0.6 is 12.4 Å². The summed E-state index contributed by atoms with van der Waals surface area (Å²) in [5, 5.41) is 0. The van der Waals surface area contributed by atoms with Gasteiger partial charge < -0.3 is 15.4 Å². The summed E-state index contributed by atoms with van der Waals surface area (Å²) in [6.07, 6.45) is 0.678. The first kappa shape index (κ1) is 23.6. The van der Waals surface area contributed by atoms with E-state index in [1.807, 2.05) is 13.8 Å². The maximum Gasteiger partial charge on any atom is 0.253 e. The zero-order valence-electron chi connectivity index (χ0n) is 15.3. The van der Waals surface area contributed by atoms with Gasteiger partial charge in [0.05, 0.1) is 7.11 Å². The molecule has 1 unspecified atom stereocenters. The molecule has 144 valence electrons. The fourth-order valence-electron chi connectivity index (χ4n) is 2.13. The molecule has 25 heavy (non-hydrogen) atoms. The number of halogens is 1. The van der Waals surface area contributed by atoms with Gasteiger partial charge in [0.15, 0.2) is 0 Å². The van der Waals surface area contributed by atoms with Crippen molar-refractivity contribution in [2.75, 3.05) is 27.7 Å². The number of carbonyl (C=O) groups excluding carboxylic acids is 1. The normalized spacial score (nSPS) is 12.4. The Morgan fingerprint density at radius 3 is 2.44 bits per heavy atom. The van der Waals surface area contributed by atoms with Gasteiger partial charge in [0.2, 0.25) is 10.0 Å². The van der Waals surface area contributed by atoms with Crippen molar-refractivity contribution in [1.82, 2.24) is 9.62 Å². The molecule has 0 aliphatic carbocycles. The zero-order valence-corrected chi connectivity index (χ0v) is 16.9. The number of methoxy groups -OCH3 is 1. The molecule has 1 atom stereocenters. The Morgan fingerprint density at radius 1 is 1.36 bits per heavy atom. The van der Waals surface area contributed by atoms with Crippen LogP contribution in [-0.2, 0) is 10.0 Å². The third-order valence-electron chi connectivity index (χ3n) is 3.97. The number of hydrogen-bond acceptors (Lipinski definition) is 5. The summed E-state index contributed by atoms with van der Waals surface area (Å²) >= 11 is 0. The molecule has 1 rings (SSSR count). The van der Waals surface area contributed by atoms with E-state index in [-0.39, 0.29) is 40.6 Å². The molecule has 9 heteroatoms. The molecule has 1 aromatic carbocycles. The van der Waals surface area contributed by atoms with Gasteiger partial charge in [-0.1, -0.05) is 13.8 Å². The second-order valence-electron chi connectivity index (χ2n) is 6.00. The molecule has 0 fully saturated rings. The molecule has 3 N–H and O–H groups in total. The van der Waals surface area contributed by atoms with Gasteiger partial charge in [0.25, 0.3) is 5.91 Å². The minimum atomic E-state index is -3.73. The lowest BCUT2D eigenvalue weighted by molar-refractivity contribution is 0.0789. The Balaban J connectivity index is 0.00000576. The molecule has 0 aromatic heterocycles. The Labute approximate surface area is 156 Å². The van der Waals surface area contributed by atoms with Crippen molar-refractivity contribution >= 4 is 28.3 Å². The maximum atomic E-state index is 12.5. The van der Waals surface area contributed by atoms with Crippen molar-refractivity contribution in [2.24, 2.45) is 11.7 Å². The molecule has 1 aromatic rings. The van der Waals surface area contributed by atoms with Crippen LogP contribution in [-0.4, -0.2) is 53.0 Å². The number of nitrogens with one attached hydrogen (secondary N) is 1. The molecule has 0 saturated carbocycles. The SMILES string of the molecule is CNS(=O)(=O)c1cc(C(=O)N(C)CCC(N)C(C)C)ccc1OC.Cl. The van der Waals surface area contributed by atoms with Gasteiger partial charge in [-0.25, -0.2) is 13.1 Å². The Hall–Kier alpha value is -1.35. The zero-order chi connectivity index (χ0) is 18.5. The Morgan fingerprint density at radius 2 is 1.96 bits per heavy atom. The third kappa shape index (κ3) is 6.14. The van der Waals surface area contributed by atoms with Gasteiger partial charge in [-0.2, -0.15) is 0 Å². The number of hydrogen-bond donors (Lipinski definition) is 2. The number of carbonyl (C=O) groups is 1. The molecule has 0 aliphatic rings. The molecule has 7 nitrogen and oxygen atoms in total. The highest BCUT2D eigenvalue weighted by atomic mass is 35.5. The number of amides is 1. The minimum Gasteiger partial charge on any atom is -0.495 e. The standard InChI is InChI=1S/C16H27N3O4S.ClH/c1-11(2)13(17)8-9-19(4)16(20)12-6-7-14(23-5)15(10-12)24(21,22)18-3;/h6-7,10-11,13,18H,8-9,17H2,1-5H3;1H. The summed E-state index contributed by atoms with van der Waals surface area (Å²) in [4.78, 5) is 14.0. The van der Waals surface area contributed by atoms with Gasteiger partial charge in [-0.3, -0.25) is 4.79 Å². The summed E-state index contributed by atoms with van der Waals surface area (Å²) in [5.41, 5.74) is 6.28. The Kier molecular flexibility index (Phi) is 9.42. The van der Waals surface area contributed by atoms with Gasteiger partial charge in [0.1, 0.15) is 10.6 Å². The third-order valence-corrected chi connectivity index (χ3v) is 5.41. The molecule has 0 aliphatic heterocycles. The lowest BCUT2D eigenvalue weighted by Crippen LogP contribution is -2.34. The first-order valence-electron chi connectivity index (χ1n) is 7.76. The maximum absolute atomic E-state index is 12.5. The highest BCUT2D eigenvalue weighted by molar-refractivity contribution is 7.89. The number of rotatable bonds is 8. The van der Waals surface area contributed by atoms with Crippen LogP contribution in [0.2, 0.25) is 0 Å². The van der Waals surface area contributed by atoms with Crippen molar-refractivity contribution in [2.45, 2.75) is 31.2 Å². The van der Waals surface area contributed by atoms with E-state index in [0.717, 1.165) is 0 Å². The van der Waals surface area contributed by atoms with Crippen LogP contribution in [0.4, 0.5) is 0 Å². The van der Waals surface area contributed by atoms with Crippen molar-refractivity contribution < 1.29 is 17.9 Å². The highest BCUT2D eigenvalue weighted by Crippen LogP contribution is 2.25. The minimum absolute atomic E-state index is 0. The van der Waals surface area contributed by atoms with E-state index in [4.69, 9.17) is 10.5 Å². The molecular formula is C16H28ClN3O4S. The van der Waals surface area contributed by atoms with E-state index in [9.17, 15) is 13.2 Å². The van der Waals surface area contributed by atoms with Gasteiger partial charge in [0, 0.05) is 25.2 Å². The molecule has 0 bridgehead atoms. The summed E-state index contributed by atoms with van der Waals surface area (Å²) in [5.74, 6) is 0.258. The van der Waals surface area contributed by atoms with Gasteiger partial charge in [-0.05, 0) is 37.6 Å². The summed E-state index contributed by atoms with van der Waals surface area (Å²) in [7, 11) is 0.635. The molecule has 1 amide bonds. The number of nitrogens with two attached hydrogens (primary N) is 1. The fraction of sp³-hybridized carbons (Fsp3) is 0.562. The topological polar surface area (TPSA) is 102 Å². The predicted octanol–water partition coefficient (Wildman–Crippen LogP) is 1.47.